The van der Waals surface area contributed by atoms with Crippen LogP contribution in [0, 0.1) is 11.8 Å². The van der Waals surface area contributed by atoms with Crippen molar-refractivity contribution in [2.45, 2.75) is 44.6 Å². The van der Waals surface area contributed by atoms with Crippen LogP contribution in [-0.4, -0.2) is 12.1 Å². The molecule has 1 aliphatic heterocycles. The van der Waals surface area contributed by atoms with Crippen molar-refractivity contribution in [3.63, 3.8) is 0 Å². The van der Waals surface area contributed by atoms with Crippen molar-refractivity contribution in [3.8, 4) is 0 Å². The van der Waals surface area contributed by atoms with Gasteiger partial charge in [-0.2, -0.15) is 0 Å². The number of hydrogen-bond donors (Lipinski definition) is 0. The molecule has 3 rings (SSSR count). The molecule has 0 spiro atoms. The van der Waals surface area contributed by atoms with E-state index in [-0.39, 0.29) is 23.4 Å². The monoisotopic (exact) mass is 244 g/mol. The first kappa shape index (κ1) is 11.8. The Kier molecular flexibility index (Phi) is 2.69. The molecule has 2 nitrogen and oxygen atoms in total. The molecule has 1 aliphatic carbocycles. The van der Waals surface area contributed by atoms with E-state index in [1.165, 1.54) is 5.56 Å². The topological polar surface area (TPSA) is 26.3 Å². The lowest BCUT2D eigenvalue weighted by Gasteiger charge is -2.39. The van der Waals surface area contributed by atoms with Gasteiger partial charge in [0.15, 0.2) is 0 Å². The molecule has 0 radical (unpaired) electrons. The molecule has 2 heteroatoms. The summed E-state index contributed by atoms with van der Waals surface area (Å²) in [5.41, 5.74) is 1.53. The van der Waals surface area contributed by atoms with Crippen LogP contribution in [0.1, 0.15) is 38.7 Å². The van der Waals surface area contributed by atoms with Gasteiger partial charge in [-0.1, -0.05) is 44.2 Å². The molecule has 2 unspecified atom stereocenters. The molecule has 96 valence electrons. The Bertz CT molecular complexity index is 453. The molecule has 1 aromatic rings. The maximum atomic E-state index is 11.7. The van der Waals surface area contributed by atoms with Gasteiger partial charge < -0.3 is 4.74 Å². The van der Waals surface area contributed by atoms with E-state index in [1.807, 2.05) is 6.92 Å². The minimum absolute atomic E-state index is 0.00214. The van der Waals surface area contributed by atoms with Crippen molar-refractivity contribution in [3.05, 3.63) is 35.9 Å². The van der Waals surface area contributed by atoms with Crippen LogP contribution in [0.4, 0.5) is 0 Å². The summed E-state index contributed by atoms with van der Waals surface area (Å²) in [5, 5.41) is 0. The van der Waals surface area contributed by atoms with Crippen LogP contribution < -0.4 is 0 Å². The summed E-state index contributed by atoms with van der Waals surface area (Å²) < 4.78 is 5.56. The van der Waals surface area contributed by atoms with Gasteiger partial charge in [-0.3, -0.25) is 4.79 Å². The van der Waals surface area contributed by atoms with Crippen LogP contribution in [0.15, 0.2) is 30.3 Å². The Labute approximate surface area is 108 Å². The number of ether oxygens (including phenoxy) is 1. The average molecular weight is 244 g/mol. The van der Waals surface area contributed by atoms with E-state index in [4.69, 9.17) is 4.74 Å². The Morgan fingerprint density at radius 1 is 1.28 bits per heavy atom. The number of carbonyl (C=O) groups is 1. The number of fused-ring (bicyclic) bond motifs is 1. The number of hydrogen-bond acceptors (Lipinski definition) is 2. The van der Waals surface area contributed by atoms with E-state index in [2.05, 4.69) is 37.3 Å². The molecule has 1 aromatic carbocycles. The second kappa shape index (κ2) is 4.11. The molecule has 2 aliphatic rings. The van der Waals surface area contributed by atoms with Crippen molar-refractivity contribution in [2.24, 2.45) is 11.8 Å². The molecule has 0 aromatic heterocycles. The molecular formula is C16H20O2. The predicted molar refractivity (Wildman–Crippen MR) is 70.2 cm³/mol. The van der Waals surface area contributed by atoms with Gasteiger partial charge in [0.2, 0.25) is 0 Å². The van der Waals surface area contributed by atoms with E-state index >= 15 is 0 Å². The number of esters is 1. The van der Waals surface area contributed by atoms with E-state index in [0.29, 0.717) is 5.92 Å². The zero-order chi connectivity index (χ0) is 12.8. The number of carbonyl (C=O) groups excluding carboxylic acids is 1. The van der Waals surface area contributed by atoms with Crippen molar-refractivity contribution in [2.75, 3.05) is 0 Å². The normalized spacial score (nSPS) is 39.2. The van der Waals surface area contributed by atoms with Gasteiger partial charge in [0.1, 0.15) is 6.10 Å². The van der Waals surface area contributed by atoms with E-state index in [0.717, 1.165) is 19.3 Å². The largest absolute Gasteiger partial charge is 0.462 e. The van der Waals surface area contributed by atoms with Crippen LogP contribution in [0.2, 0.25) is 0 Å². The minimum Gasteiger partial charge on any atom is -0.462 e. The molecule has 1 saturated heterocycles. The van der Waals surface area contributed by atoms with Crippen molar-refractivity contribution in [1.29, 1.82) is 0 Å². The lowest BCUT2D eigenvalue weighted by molar-refractivity contribution is -0.144. The fourth-order valence-corrected chi connectivity index (χ4v) is 3.60. The van der Waals surface area contributed by atoms with Gasteiger partial charge in [0.05, 0.1) is 5.92 Å². The molecule has 4 atom stereocenters. The maximum absolute atomic E-state index is 11.7. The van der Waals surface area contributed by atoms with Crippen LogP contribution >= 0.6 is 0 Å². The fourth-order valence-electron chi connectivity index (χ4n) is 3.60. The quantitative estimate of drug-likeness (QED) is 0.708. The summed E-state index contributed by atoms with van der Waals surface area (Å²) in [6.07, 6.45) is 3.35. The molecule has 18 heavy (non-hydrogen) atoms. The molecule has 1 saturated carbocycles. The zero-order valence-electron chi connectivity index (χ0n) is 11.1. The summed E-state index contributed by atoms with van der Waals surface area (Å²) in [7, 11) is 0. The summed E-state index contributed by atoms with van der Waals surface area (Å²) in [5.74, 6) is 0.534. The van der Waals surface area contributed by atoms with Gasteiger partial charge in [-0.25, -0.2) is 0 Å². The van der Waals surface area contributed by atoms with Crippen molar-refractivity contribution in [1.82, 2.24) is 0 Å². The second-order valence-corrected chi connectivity index (χ2v) is 6.10. The molecule has 0 N–H and O–H groups in total. The first-order chi connectivity index (χ1) is 8.60. The Morgan fingerprint density at radius 3 is 2.72 bits per heavy atom. The standard InChI is InChI=1S/C16H20O2/c1-11-13-8-9-16(2,10-14(13)18-15(11)17)12-6-4-3-5-7-12/h3-7,11,13-14H,8-10H2,1-2H3/t11?,13-,14+,16?/m0/s1. The SMILES string of the molecule is CC1C(=O)O[C@@H]2CC(C)(c3ccccc3)CC[C@@H]12. The Balaban J connectivity index is 1.84. The first-order valence-electron chi connectivity index (χ1n) is 6.86. The first-order valence-corrected chi connectivity index (χ1v) is 6.86. The maximum Gasteiger partial charge on any atom is 0.309 e. The highest BCUT2D eigenvalue weighted by molar-refractivity contribution is 5.75. The van der Waals surface area contributed by atoms with Gasteiger partial charge in [-0.15, -0.1) is 0 Å². The van der Waals surface area contributed by atoms with E-state index in [9.17, 15) is 4.79 Å². The second-order valence-electron chi connectivity index (χ2n) is 6.10. The predicted octanol–water partition coefficient (Wildman–Crippen LogP) is 3.31. The smallest absolute Gasteiger partial charge is 0.309 e. The van der Waals surface area contributed by atoms with Gasteiger partial charge in [-0.05, 0) is 30.2 Å². The fraction of sp³-hybridized carbons (Fsp3) is 0.562. The summed E-state index contributed by atoms with van der Waals surface area (Å²) in [6.45, 7) is 4.31. The Morgan fingerprint density at radius 2 is 2.00 bits per heavy atom. The van der Waals surface area contributed by atoms with E-state index in [1.54, 1.807) is 0 Å². The van der Waals surface area contributed by atoms with Crippen LogP contribution in [0.25, 0.3) is 0 Å². The molecule has 0 amide bonds. The third-order valence-electron chi connectivity index (χ3n) is 4.91. The minimum atomic E-state index is 0.00214. The molecule has 1 heterocycles. The third-order valence-corrected chi connectivity index (χ3v) is 4.91. The highest BCUT2D eigenvalue weighted by Crippen LogP contribution is 2.47. The lowest BCUT2D eigenvalue weighted by atomic mass is 9.65. The van der Waals surface area contributed by atoms with E-state index < -0.39 is 0 Å². The van der Waals surface area contributed by atoms with Crippen LogP contribution in [-0.2, 0) is 14.9 Å². The van der Waals surface area contributed by atoms with Crippen molar-refractivity contribution < 1.29 is 9.53 Å². The summed E-state index contributed by atoms with van der Waals surface area (Å²) in [4.78, 5) is 11.7. The lowest BCUT2D eigenvalue weighted by Crippen LogP contribution is -2.37. The van der Waals surface area contributed by atoms with Gasteiger partial charge >= 0.3 is 5.97 Å². The highest BCUT2D eigenvalue weighted by Gasteiger charge is 2.48. The molecule has 0 bridgehead atoms. The molecule has 2 fully saturated rings. The highest BCUT2D eigenvalue weighted by atomic mass is 16.6. The summed E-state index contributed by atoms with van der Waals surface area (Å²) >= 11 is 0. The number of rotatable bonds is 1. The zero-order valence-corrected chi connectivity index (χ0v) is 11.1. The molecular weight excluding hydrogens is 224 g/mol. The average Bonchev–Trinajstić information content (AvgIpc) is 2.65. The summed E-state index contributed by atoms with van der Waals surface area (Å²) in [6, 6.07) is 10.6. The van der Waals surface area contributed by atoms with Crippen LogP contribution in [0.3, 0.4) is 0 Å². The Hall–Kier alpha value is -1.31. The third kappa shape index (κ3) is 1.75. The van der Waals surface area contributed by atoms with Gasteiger partial charge in [0.25, 0.3) is 0 Å². The van der Waals surface area contributed by atoms with Crippen LogP contribution in [0.5, 0.6) is 0 Å². The van der Waals surface area contributed by atoms with Crippen molar-refractivity contribution >= 4 is 5.97 Å². The van der Waals surface area contributed by atoms with Gasteiger partial charge in [0, 0.05) is 5.92 Å². The number of benzene rings is 1.